The van der Waals surface area contributed by atoms with Crippen LogP contribution in [0.4, 0.5) is 0 Å². The van der Waals surface area contributed by atoms with Crippen LogP contribution in [0.25, 0.3) is 5.70 Å². The molecule has 0 N–H and O–H groups in total. The molecule has 1 aromatic rings. The van der Waals surface area contributed by atoms with Crippen molar-refractivity contribution in [3.8, 4) is 11.5 Å². The van der Waals surface area contributed by atoms with Gasteiger partial charge in [0.2, 0.25) is 0 Å². The second-order valence-corrected chi connectivity index (χ2v) is 7.09. The maximum absolute atomic E-state index is 11.6. The minimum absolute atomic E-state index is 0.0207. The zero-order valence-electron chi connectivity index (χ0n) is 11.6. The zero-order valence-corrected chi connectivity index (χ0v) is 13.2. The number of benzene rings is 1. The summed E-state index contributed by atoms with van der Waals surface area (Å²) in [6, 6.07) is 5.55. The molecule has 0 saturated heterocycles. The van der Waals surface area contributed by atoms with Crippen LogP contribution in [0, 0.1) is 0 Å². The van der Waals surface area contributed by atoms with Gasteiger partial charge in [0.25, 0.3) is 10.0 Å². The summed E-state index contributed by atoms with van der Waals surface area (Å²) in [6.07, 6.45) is 0. The first-order valence-corrected chi connectivity index (χ1v) is 8.72. The molecular weight excluding hydrogens is 312 g/mol. The van der Waals surface area contributed by atoms with E-state index in [1.165, 1.54) is 11.8 Å². The maximum atomic E-state index is 11.6. The molecule has 0 bridgehead atoms. The van der Waals surface area contributed by atoms with E-state index in [-0.39, 0.29) is 5.75 Å². The summed E-state index contributed by atoms with van der Waals surface area (Å²) >= 11 is 1.31. The van der Waals surface area contributed by atoms with Gasteiger partial charge in [-0.05, 0) is 12.1 Å². The molecule has 6 nitrogen and oxygen atoms in total. The van der Waals surface area contributed by atoms with Crippen molar-refractivity contribution in [3.05, 3.63) is 29.2 Å². The van der Waals surface area contributed by atoms with Crippen LogP contribution in [-0.2, 0) is 10.0 Å². The van der Waals surface area contributed by atoms with Crippen LogP contribution in [0.5, 0.6) is 11.5 Å². The molecule has 3 rings (SSSR count). The summed E-state index contributed by atoms with van der Waals surface area (Å²) < 4.78 is 37.5. The number of nitrogens with zero attached hydrogens (tertiary/aromatic N) is 2. The fraction of sp³-hybridized carbons (Fsp3) is 0.308. The Morgan fingerprint density at radius 3 is 2.81 bits per heavy atom. The van der Waals surface area contributed by atoms with Gasteiger partial charge in [0, 0.05) is 23.6 Å². The minimum atomic E-state index is -3.33. The molecule has 0 aliphatic carbocycles. The summed E-state index contributed by atoms with van der Waals surface area (Å²) in [5, 5.41) is 2.39. The van der Waals surface area contributed by atoms with Gasteiger partial charge < -0.3 is 14.4 Å². The highest BCUT2D eigenvalue weighted by Gasteiger charge is 2.32. The first kappa shape index (κ1) is 14.3. The number of ether oxygens (including phenoxy) is 2. The number of hydrogen-bond acceptors (Lipinski definition) is 6. The van der Waals surface area contributed by atoms with Gasteiger partial charge in [0.05, 0.1) is 25.7 Å². The molecule has 8 heteroatoms. The largest absolute Gasteiger partial charge is 0.497 e. The van der Waals surface area contributed by atoms with Gasteiger partial charge in [-0.1, -0.05) is 11.8 Å². The molecular formula is C13H14N2O4S2. The van der Waals surface area contributed by atoms with E-state index in [1.807, 2.05) is 22.4 Å². The lowest BCUT2D eigenvalue weighted by Gasteiger charge is -2.25. The van der Waals surface area contributed by atoms with E-state index in [2.05, 4.69) is 4.40 Å². The standard InChI is InChI=1S/C13H14N2O4S2/c1-18-9-3-4-10(12(7-9)19-2)11-8-20-13-14-21(16,17)6-5-15(11)13/h3-4,7-8H,5-6H2,1-2H3. The second-order valence-electron chi connectivity index (χ2n) is 4.50. The van der Waals surface area contributed by atoms with Gasteiger partial charge in [-0.15, -0.1) is 4.40 Å². The smallest absolute Gasteiger partial charge is 0.257 e. The van der Waals surface area contributed by atoms with Crippen LogP contribution in [-0.4, -0.2) is 45.0 Å². The Bertz CT molecular complexity index is 741. The lowest BCUT2D eigenvalue weighted by atomic mass is 10.1. The van der Waals surface area contributed by atoms with Crippen molar-refractivity contribution in [1.82, 2.24) is 4.90 Å². The number of methoxy groups -OCH3 is 2. The van der Waals surface area contributed by atoms with Crippen molar-refractivity contribution in [2.45, 2.75) is 0 Å². The van der Waals surface area contributed by atoms with Crippen molar-refractivity contribution in [2.75, 3.05) is 26.5 Å². The van der Waals surface area contributed by atoms with E-state index < -0.39 is 10.0 Å². The molecule has 1 aromatic carbocycles. The third kappa shape index (κ3) is 2.60. The van der Waals surface area contributed by atoms with Crippen LogP contribution < -0.4 is 9.47 Å². The second kappa shape index (κ2) is 5.27. The molecule has 0 spiro atoms. The number of amidine groups is 1. The Labute approximate surface area is 127 Å². The van der Waals surface area contributed by atoms with Gasteiger partial charge >= 0.3 is 0 Å². The van der Waals surface area contributed by atoms with Crippen molar-refractivity contribution >= 4 is 32.6 Å². The van der Waals surface area contributed by atoms with E-state index in [1.54, 1.807) is 20.3 Å². The summed E-state index contributed by atoms with van der Waals surface area (Å²) in [5.74, 6) is 1.40. The third-order valence-electron chi connectivity index (χ3n) is 3.27. The van der Waals surface area contributed by atoms with E-state index in [4.69, 9.17) is 9.47 Å². The first-order valence-electron chi connectivity index (χ1n) is 6.23. The van der Waals surface area contributed by atoms with Gasteiger partial charge in [0.1, 0.15) is 11.5 Å². The van der Waals surface area contributed by atoms with E-state index >= 15 is 0 Å². The Morgan fingerprint density at radius 2 is 2.10 bits per heavy atom. The average molecular weight is 326 g/mol. The molecule has 2 aliphatic rings. The predicted octanol–water partition coefficient (Wildman–Crippen LogP) is 1.75. The van der Waals surface area contributed by atoms with Crippen molar-refractivity contribution in [2.24, 2.45) is 4.40 Å². The summed E-state index contributed by atoms with van der Waals surface area (Å²) in [4.78, 5) is 1.90. The normalized spacial score (nSPS) is 19.6. The average Bonchev–Trinajstić information content (AvgIpc) is 2.87. The van der Waals surface area contributed by atoms with Gasteiger partial charge in [-0.3, -0.25) is 0 Å². The topological polar surface area (TPSA) is 68.2 Å². The van der Waals surface area contributed by atoms with E-state index in [0.29, 0.717) is 23.2 Å². The number of sulfonamides is 1. The highest BCUT2D eigenvalue weighted by molar-refractivity contribution is 8.17. The Hall–Kier alpha value is -1.67. The van der Waals surface area contributed by atoms with Crippen LogP contribution in [0.15, 0.2) is 28.0 Å². The zero-order chi connectivity index (χ0) is 15.0. The van der Waals surface area contributed by atoms with Gasteiger partial charge in [0.15, 0.2) is 5.17 Å². The highest BCUT2D eigenvalue weighted by Crippen LogP contribution is 2.39. The molecule has 112 valence electrons. The van der Waals surface area contributed by atoms with Crippen LogP contribution in [0.3, 0.4) is 0 Å². The van der Waals surface area contributed by atoms with Crippen molar-refractivity contribution in [1.29, 1.82) is 0 Å². The number of thioether (sulfide) groups is 1. The Kier molecular flexibility index (Phi) is 3.58. The number of hydrogen-bond donors (Lipinski definition) is 0. The molecule has 2 aliphatic heterocycles. The fourth-order valence-corrected chi connectivity index (χ4v) is 4.36. The highest BCUT2D eigenvalue weighted by atomic mass is 32.2. The molecule has 0 aromatic heterocycles. The van der Waals surface area contributed by atoms with Gasteiger partial charge in [-0.25, -0.2) is 8.42 Å². The third-order valence-corrected chi connectivity index (χ3v) is 5.40. The molecule has 21 heavy (non-hydrogen) atoms. The van der Waals surface area contributed by atoms with Gasteiger partial charge in [-0.2, -0.15) is 0 Å². The van der Waals surface area contributed by atoms with E-state index in [0.717, 1.165) is 11.3 Å². The Balaban J connectivity index is 2.00. The molecule has 0 radical (unpaired) electrons. The molecule has 0 fully saturated rings. The van der Waals surface area contributed by atoms with Crippen LogP contribution in [0.1, 0.15) is 5.56 Å². The van der Waals surface area contributed by atoms with Crippen LogP contribution >= 0.6 is 11.8 Å². The van der Waals surface area contributed by atoms with E-state index in [9.17, 15) is 8.42 Å². The summed E-state index contributed by atoms with van der Waals surface area (Å²) in [7, 11) is -0.138. The van der Waals surface area contributed by atoms with Crippen LogP contribution in [0.2, 0.25) is 0 Å². The fourth-order valence-electron chi connectivity index (χ4n) is 2.22. The molecule has 0 saturated carbocycles. The summed E-state index contributed by atoms with van der Waals surface area (Å²) in [6.45, 7) is 0.398. The molecule has 2 heterocycles. The monoisotopic (exact) mass is 326 g/mol. The van der Waals surface area contributed by atoms with Crippen molar-refractivity contribution < 1.29 is 17.9 Å². The number of rotatable bonds is 3. The SMILES string of the molecule is COc1ccc(C2=CSC3=NS(=O)(=O)CCN23)c(OC)c1. The molecule has 0 amide bonds. The summed E-state index contributed by atoms with van der Waals surface area (Å²) in [5.41, 5.74) is 1.78. The lowest BCUT2D eigenvalue weighted by Crippen LogP contribution is -2.34. The Morgan fingerprint density at radius 1 is 1.29 bits per heavy atom. The molecule has 0 atom stereocenters. The number of fused-ring (bicyclic) bond motifs is 1. The molecule has 0 unspecified atom stereocenters. The lowest BCUT2D eigenvalue weighted by molar-refractivity contribution is 0.392. The maximum Gasteiger partial charge on any atom is 0.257 e. The predicted molar refractivity (Wildman–Crippen MR) is 83.0 cm³/mol. The minimum Gasteiger partial charge on any atom is -0.497 e. The first-order chi connectivity index (χ1) is 10.0. The van der Waals surface area contributed by atoms with Crippen molar-refractivity contribution in [3.63, 3.8) is 0 Å². The quantitative estimate of drug-likeness (QED) is 0.843.